The smallest absolute Gasteiger partial charge is 0.245 e. The Hall–Kier alpha value is -2.08. The van der Waals surface area contributed by atoms with Crippen LogP contribution in [0.1, 0.15) is 45.1 Å². The Morgan fingerprint density at radius 1 is 1.15 bits per heavy atom. The summed E-state index contributed by atoms with van der Waals surface area (Å²) in [5.41, 5.74) is 1.07. The molecule has 2 atom stereocenters. The fraction of sp³-hybridized carbons (Fsp3) is 0.619. The van der Waals surface area contributed by atoms with Crippen molar-refractivity contribution < 1.29 is 19.1 Å². The molecule has 1 aliphatic rings. The zero-order chi connectivity index (χ0) is 19.8. The first-order valence-corrected chi connectivity index (χ1v) is 9.70. The van der Waals surface area contributed by atoms with E-state index in [0.29, 0.717) is 45.1 Å². The third-order valence-electron chi connectivity index (χ3n) is 4.84. The summed E-state index contributed by atoms with van der Waals surface area (Å²) in [5.74, 6) is 1.08. The van der Waals surface area contributed by atoms with E-state index in [4.69, 9.17) is 9.47 Å². The lowest BCUT2D eigenvalue weighted by Crippen LogP contribution is -2.52. The molecule has 6 heteroatoms. The Bertz CT molecular complexity index is 609. The molecule has 6 nitrogen and oxygen atoms in total. The van der Waals surface area contributed by atoms with Crippen LogP contribution < -0.4 is 10.1 Å². The number of benzene rings is 1. The second kappa shape index (κ2) is 10.3. The summed E-state index contributed by atoms with van der Waals surface area (Å²) < 4.78 is 10.5. The largest absolute Gasteiger partial charge is 0.497 e. The van der Waals surface area contributed by atoms with Crippen LogP contribution >= 0.6 is 0 Å². The number of hydrogen-bond donors (Lipinski definition) is 1. The molecule has 1 N–H and O–H groups in total. The molecule has 0 radical (unpaired) electrons. The molecule has 27 heavy (non-hydrogen) atoms. The molecule has 1 aliphatic heterocycles. The van der Waals surface area contributed by atoms with Gasteiger partial charge in [0.25, 0.3) is 0 Å². The first-order valence-electron chi connectivity index (χ1n) is 9.70. The lowest BCUT2D eigenvalue weighted by Gasteiger charge is -2.31. The minimum atomic E-state index is -0.473. The molecule has 1 fully saturated rings. The fourth-order valence-corrected chi connectivity index (χ4v) is 3.28. The predicted molar refractivity (Wildman–Crippen MR) is 105 cm³/mol. The van der Waals surface area contributed by atoms with Gasteiger partial charge < -0.3 is 19.7 Å². The van der Waals surface area contributed by atoms with Gasteiger partial charge in [0.15, 0.2) is 0 Å². The quantitative estimate of drug-likeness (QED) is 0.757. The zero-order valence-corrected chi connectivity index (χ0v) is 16.9. The van der Waals surface area contributed by atoms with Crippen LogP contribution in [-0.4, -0.2) is 56.2 Å². The summed E-state index contributed by atoms with van der Waals surface area (Å²) in [6, 6.07) is 7.27. The van der Waals surface area contributed by atoms with Gasteiger partial charge in [0.05, 0.1) is 20.3 Å². The number of methoxy groups -OCH3 is 1. The maximum absolute atomic E-state index is 12.8. The van der Waals surface area contributed by atoms with Gasteiger partial charge in [-0.05, 0) is 36.0 Å². The van der Waals surface area contributed by atoms with Crippen molar-refractivity contribution in [3.05, 3.63) is 29.8 Å². The molecule has 150 valence electrons. The van der Waals surface area contributed by atoms with Crippen molar-refractivity contribution in [2.75, 3.05) is 33.4 Å². The van der Waals surface area contributed by atoms with E-state index in [1.165, 1.54) is 0 Å². The third kappa shape index (κ3) is 6.54. The number of hydrogen-bond acceptors (Lipinski definition) is 4. The monoisotopic (exact) mass is 376 g/mol. The lowest BCUT2D eigenvalue weighted by molar-refractivity contribution is -0.140. The van der Waals surface area contributed by atoms with Gasteiger partial charge in [-0.2, -0.15) is 0 Å². The topological polar surface area (TPSA) is 67.9 Å². The molecule has 1 heterocycles. The van der Waals surface area contributed by atoms with Gasteiger partial charge in [-0.3, -0.25) is 9.59 Å². The number of nitrogens with one attached hydrogen (secondary N) is 1. The van der Waals surface area contributed by atoms with Gasteiger partial charge in [0.2, 0.25) is 11.8 Å². The van der Waals surface area contributed by atoms with Crippen LogP contribution in [0.4, 0.5) is 0 Å². The first-order chi connectivity index (χ1) is 12.9. The Morgan fingerprint density at radius 3 is 2.33 bits per heavy atom. The predicted octanol–water partition coefficient (Wildman–Crippen LogP) is 2.58. The van der Waals surface area contributed by atoms with E-state index >= 15 is 0 Å². The van der Waals surface area contributed by atoms with Crippen LogP contribution in [0.15, 0.2) is 24.3 Å². The van der Waals surface area contributed by atoms with E-state index in [0.717, 1.165) is 11.3 Å². The van der Waals surface area contributed by atoms with Crippen molar-refractivity contribution in [1.29, 1.82) is 0 Å². The Morgan fingerprint density at radius 2 is 1.78 bits per heavy atom. The van der Waals surface area contributed by atoms with Gasteiger partial charge in [-0.25, -0.2) is 0 Å². The van der Waals surface area contributed by atoms with E-state index in [1.807, 2.05) is 31.2 Å². The number of rotatable bonds is 8. The molecule has 0 spiro atoms. The van der Waals surface area contributed by atoms with E-state index in [1.54, 1.807) is 12.0 Å². The summed E-state index contributed by atoms with van der Waals surface area (Å²) in [7, 11) is 1.63. The molecule has 1 aromatic rings. The standard InChI is InChI=1S/C21H32N2O4/c1-15(2)13-19(21(25)23-9-11-27-12-10-23)22-20(24)14-16(3)17-5-7-18(26-4)8-6-17/h5-8,15-16,19H,9-14H2,1-4H3,(H,22,24)/t16?,19-/m0/s1. The van der Waals surface area contributed by atoms with E-state index < -0.39 is 6.04 Å². The highest BCUT2D eigenvalue weighted by Crippen LogP contribution is 2.22. The van der Waals surface area contributed by atoms with Crippen molar-refractivity contribution in [3.8, 4) is 5.75 Å². The van der Waals surface area contributed by atoms with Gasteiger partial charge in [0.1, 0.15) is 11.8 Å². The molecule has 1 aromatic carbocycles. The second-order valence-corrected chi connectivity index (χ2v) is 7.57. The number of nitrogens with zero attached hydrogens (tertiary/aromatic N) is 1. The molecule has 2 amide bonds. The fourth-order valence-electron chi connectivity index (χ4n) is 3.28. The van der Waals surface area contributed by atoms with E-state index in [9.17, 15) is 9.59 Å². The summed E-state index contributed by atoms with van der Waals surface area (Å²) >= 11 is 0. The Balaban J connectivity index is 1.96. The highest BCUT2D eigenvalue weighted by molar-refractivity contribution is 5.88. The summed E-state index contributed by atoms with van der Waals surface area (Å²) in [5, 5.41) is 2.97. The third-order valence-corrected chi connectivity index (χ3v) is 4.84. The normalized spacial score (nSPS) is 16.7. The Labute approximate surface area is 162 Å². The van der Waals surface area contributed by atoms with E-state index in [2.05, 4.69) is 19.2 Å². The molecule has 0 aromatic heterocycles. The van der Waals surface area contributed by atoms with E-state index in [-0.39, 0.29) is 17.7 Å². The van der Waals surface area contributed by atoms with Crippen molar-refractivity contribution in [1.82, 2.24) is 10.2 Å². The zero-order valence-electron chi connectivity index (χ0n) is 16.9. The maximum Gasteiger partial charge on any atom is 0.245 e. The summed E-state index contributed by atoms with van der Waals surface area (Å²) in [6.07, 6.45) is 0.982. The van der Waals surface area contributed by atoms with Crippen LogP contribution in [0.2, 0.25) is 0 Å². The highest BCUT2D eigenvalue weighted by Gasteiger charge is 2.28. The molecule has 0 saturated carbocycles. The number of ether oxygens (including phenoxy) is 2. The number of amides is 2. The minimum absolute atomic E-state index is 0.00236. The SMILES string of the molecule is COc1ccc(C(C)CC(=O)N[C@@H](CC(C)C)C(=O)N2CCOCC2)cc1. The lowest BCUT2D eigenvalue weighted by atomic mass is 9.96. The van der Waals surface area contributed by atoms with Crippen molar-refractivity contribution >= 4 is 11.8 Å². The van der Waals surface area contributed by atoms with Crippen molar-refractivity contribution in [2.45, 2.75) is 45.6 Å². The van der Waals surface area contributed by atoms with Gasteiger partial charge in [0, 0.05) is 19.5 Å². The summed E-state index contributed by atoms with van der Waals surface area (Å²) in [6.45, 7) is 8.43. The number of morpholine rings is 1. The van der Waals surface area contributed by atoms with Crippen molar-refractivity contribution in [3.63, 3.8) is 0 Å². The molecular formula is C21H32N2O4. The molecule has 0 aliphatic carbocycles. The van der Waals surface area contributed by atoms with Gasteiger partial charge in [-0.1, -0.05) is 32.9 Å². The van der Waals surface area contributed by atoms with Gasteiger partial charge >= 0.3 is 0 Å². The van der Waals surface area contributed by atoms with Crippen LogP contribution in [0.25, 0.3) is 0 Å². The minimum Gasteiger partial charge on any atom is -0.497 e. The van der Waals surface area contributed by atoms with Crippen molar-refractivity contribution in [2.24, 2.45) is 5.92 Å². The average Bonchev–Trinajstić information content (AvgIpc) is 2.67. The Kier molecular flexibility index (Phi) is 8.10. The number of carbonyl (C=O) groups excluding carboxylic acids is 2. The first kappa shape index (κ1) is 21.2. The van der Waals surface area contributed by atoms with Crippen LogP contribution in [0.3, 0.4) is 0 Å². The van der Waals surface area contributed by atoms with Crippen LogP contribution in [-0.2, 0) is 14.3 Å². The van der Waals surface area contributed by atoms with Crippen LogP contribution in [0, 0.1) is 5.92 Å². The molecule has 1 unspecified atom stereocenters. The van der Waals surface area contributed by atoms with Crippen LogP contribution in [0.5, 0.6) is 5.75 Å². The molecular weight excluding hydrogens is 344 g/mol. The van der Waals surface area contributed by atoms with Gasteiger partial charge in [-0.15, -0.1) is 0 Å². The number of carbonyl (C=O) groups is 2. The maximum atomic E-state index is 12.8. The molecule has 1 saturated heterocycles. The second-order valence-electron chi connectivity index (χ2n) is 7.57. The average molecular weight is 376 g/mol. The summed E-state index contributed by atoms with van der Waals surface area (Å²) in [4.78, 5) is 27.2. The molecule has 2 rings (SSSR count). The highest BCUT2D eigenvalue weighted by atomic mass is 16.5. The molecule has 0 bridgehead atoms.